The van der Waals surface area contributed by atoms with Gasteiger partial charge in [0.25, 0.3) is 5.91 Å². The highest BCUT2D eigenvalue weighted by molar-refractivity contribution is 5.96. The summed E-state index contributed by atoms with van der Waals surface area (Å²) in [6.45, 7) is 5.70. The molecule has 1 fully saturated rings. The number of aromatic nitrogens is 3. The zero-order valence-corrected chi connectivity index (χ0v) is 13.4. The van der Waals surface area contributed by atoms with Gasteiger partial charge in [0.15, 0.2) is 0 Å². The maximum atomic E-state index is 12.8. The minimum Gasteiger partial charge on any atom is -0.361 e. The van der Waals surface area contributed by atoms with Crippen LogP contribution in [0.3, 0.4) is 0 Å². The zero-order chi connectivity index (χ0) is 15.9. The number of carbonyl (C=O) groups is 1. The first kappa shape index (κ1) is 14.8. The summed E-state index contributed by atoms with van der Waals surface area (Å²) < 4.78 is 7.13. The van der Waals surface area contributed by atoms with Crippen LogP contribution in [-0.4, -0.2) is 57.1 Å². The molecular formula is C15H21N5O2. The number of piperazine rings is 1. The molecular weight excluding hydrogens is 282 g/mol. The molecule has 0 aliphatic carbocycles. The zero-order valence-electron chi connectivity index (χ0n) is 13.4. The Balaban J connectivity index is 1.84. The predicted molar refractivity (Wildman–Crippen MR) is 80.5 cm³/mol. The third-order valence-electron chi connectivity index (χ3n) is 4.34. The van der Waals surface area contributed by atoms with Crippen LogP contribution in [0.2, 0.25) is 0 Å². The van der Waals surface area contributed by atoms with Crippen LogP contribution in [-0.2, 0) is 7.05 Å². The van der Waals surface area contributed by atoms with E-state index in [1.54, 1.807) is 20.0 Å². The fourth-order valence-corrected chi connectivity index (χ4v) is 2.98. The second kappa shape index (κ2) is 5.57. The maximum absolute atomic E-state index is 12.8. The Labute approximate surface area is 129 Å². The van der Waals surface area contributed by atoms with Crippen molar-refractivity contribution in [2.45, 2.75) is 19.9 Å². The number of likely N-dealkylation sites (N-methyl/N-ethyl adjacent to an activating group) is 1. The molecule has 118 valence electrons. The molecule has 1 atom stereocenters. The van der Waals surface area contributed by atoms with Gasteiger partial charge in [-0.15, -0.1) is 0 Å². The molecule has 0 saturated carbocycles. The van der Waals surface area contributed by atoms with Crippen molar-refractivity contribution >= 4 is 5.91 Å². The van der Waals surface area contributed by atoms with Crippen LogP contribution >= 0.6 is 0 Å². The fraction of sp³-hybridized carbons (Fsp3) is 0.533. The van der Waals surface area contributed by atoms with E-state index < -0.39 is 0 Å². The summed E-state index contributed by atoms with van der Waals surface area (Å²) in [5, 5.41) is 3.88. The highest BCUT2D eigenvalue weighted by Gasteiger charge is 2.33. The minimum absolute atomic E-state index is 0.0106. The van der Waals surface area contributed by atoms with Crippen molar-refractivity contribution in [1.82, 2.24) is 24.5 Å². The van der Waals surface area contributed by atoms with Gasteiger partial charge >= 0.3 is 0 Å². The van der Waals surface area contributed by atoms with E-state index in [1.165, 1.54) is 0 Å². The molecule has 0 N–H and O–H groups in total. The minimum atomic E-state index is -0.0106. The standard InChI is InChI=1S/C15H21N5O2/c1-10-13(11(2)22-17-10)15(21)20-8-7-18(3)12(9-20)14-16-5-6-19(14)4/h5-6,12H,7-9H2,1-4H3/t12-/m0/s1. The molecule has 2 aromatic rings. The molecule has 7 nitrogen and oxygen atoms in total. The molecule has 1 saturated heterocycles. The van der Waals surface area contributed by atoms with Crippen LogP contribution in [0.4, 0.5) is 0 Å². The molecule has 3 heterocycles. The Hall–Kier alpha value is -2.15. The summed E-state index contributed by atoms with van der Waals surface area (Å²) >= 11 is 0. The molecule has 2 aromatic heterocycles. The van der Waals surface area contributed by atoms with Gasteiger partial charge in [0.05, 0.1) is 11.7 Å². The van der Waals surface area contributed by atoms with Crippen molar-refractivity contribution in [3.8, 4) is 0 Å². The monoisotopic (exact) mass is 303 g/mol. The van der Waals surface area contributed by atoms with Crippen LogP contribution in [0.15, 0.2) is 16.9 Å². The molecule has 1 amide bonds. The summed E-state index contributed by atoms with van der Waals surface area (Å²) in [6.07, 6.45) is 3.72. The third kappa shape index (κ3) is 2.41. The van der Waals surface area contributed by atoms with Gasteiger partial charge in [0.1, 0.15) is 17.1 Å². The lowest BCUT2D eigenvalue weighted by atomic mass is 10.1. The van der Waals surface area contributed by atoms with Gasteiger partial charge in [0, 0.05) is 39.1 Å². The number of hydrogen-bond acceptors (Lipinski definition) is 5. The van der Waals surface area contributed by atoms with Crippen molar-refractivity contribution in [1.29, 1.82) is 0 Å². The lowest BCUT2D eigenvalue weighted by Crippen LogP contribution is -2.49. The summed E-state index contributed by atoms with van der Waals surface area (Å²) in [7, 11) is 4.04. The van der Waals surface area contributed by atoms with Gasteiger partial charge in [-0.2, -0.15) is 0 Å². The molecule has 0 radical (unpaired) electrons. The molecule has 3 rings (SSSR count). The van der Waals surface area contributed by atoms with E-state index in [2.05, 4.69) is 22.1 Å². The average molecular weight is 303 g/mol. The second-order valence-corrected chi connectivity index (χ2v) is 5.84. The topological polar surface area (TPSA) is 67.4 Å². The van der Waals surface area contributed by atoms with Gasteiger partial charge in [-0.05, 0) is 20.9 Å². The first-order chi connectivity index (χ1) is 10.5. The molecule has 22 heavy (non-hydrogen) atoms. The summed E-state index contributed by atoms with van der Waals surface area (Å²) in [5.41, 5.74) is 1.23. The molecule has 1 aliphatic rings. The Bertz CT molecular complexity index is 670. The van der Waals surface area contributed by atoms with E-state index in [4.69, 9.17) is 4.52 Å². The van der Waals surface area contributed by atoms with Crippen LogP contribution < -0.4 is 0 Å². The number of hydrogen-bond donors (Lipinski definition) is 0. The number of imidazole rings is 1. The lowest BCUT2D eigenvalue weighted by molar-refractivity contribution is 0.0526. The van der Waals surface area contributed by atoms with Gasteiger partial charge in [0.2, 0.25) is 0 Å². The first-order valence-corrected chi connectivity index (χ1v) is 7.38. The lowest BCUT2D eigenvalue weighted by Gasteiger charge is -2.39. The third-order valence-corrected chi connectivity index (χ3v) is 4.34. The van der Waals surface area contributed by atoms with Crippen molar-refractivity contribution in [2.75, 3.05) is 26.7 Å². The van der Waals surface area contributed by atoms with Crippen LogP contribution in [0, 0.1) is 13.8 Å². The first-order valence-electron chi connectivity index (χ1n) is 7.38. The highest BCUT2D eigenvalue weighted by atomic mass is 16.5. The van der Waals surface area contributed by atoms with Gasteiger partial charge in [-0.25, -0.2) is 4.98 Å². The van der Waals surface area contributed by atoms with E-state index in [0.717, 1.165) is 12.4 Å². The fourth-order valence-electron chi connectivity index (χ4n) is 2.98. The summed E-state index contributed by atoms with van der Waals surface area (Å²) in [5.74, 6) is 1.54. The number of aryl methyl sites for hydroxylation is 3. The maximum Gasteiger partial charge on any atom is 0.259 e. The Morgan fingerprint density at radius 1 is 1.32 bits per heavy atom. The predicted octanol–water partition coefficient (Wildman–Crippen LogP) is 1.15. The molecule has 0 bridgehead atoms. The Morgan fingerprint density at radius 2 is 2.09 bits per heavy atom. The summed E-state index contributed by atoms with van der Waals surface area (Å²) in [6, 6.07) is 0.0955. The number of amides is 1. The highest BCUT2D eigenvalue weighted by Crippen LogP contribution is 2.24. The summed E-state index contributed by atoms with van der Waals surface area (Å²) in [4.78, 5) is 21.3. The van der Waals surface area contributed by atoms with Gasteiger partial charge < -0.3 is 14.0 Å². The molecule has 0 aromatic carbocycles. The molecule has 0 spiro atoms. The van der Waals surface area contributed by atoms with Crippen LogP contribution in [0.1, 0.15) is 33.7 Å². The van der Waals surface area contributed by atoms with Crippen LogP contribution in [0.5, 0.6) is 0 Å². The Kier molecular flexibility index (Phi) is 3.74. The molecule has 7 heteroatoms. The average Bonchev–Trinajstić information content (AvgIpc) is 3.05. The second-order valence-electron chi connectivity index (χ2n) is 5.84. The van der Waals surface area contributed by atoms with Crippen molar-refractivity contribution in [3.05, 3.63) is 35.2 Å². The van der Waals surface area contributed by atoms with Crippen molar-refractivity contribution in [2.24, 2.45) is 7.05 Å². The molecule has 1 aliphatic heterocycles. The quantitative estimate of drug-likeness (QED) is 0.832. The van der Waals surface area contributed by atoms with Gasteiger partial charge in [-0.3, -0.25) is 9.69 Å². The van der Waals surface area contributed by atoms with E-state index in [0.29, 0.717) is 30.1 Å². The van der Waals surface area contributed by atoms with E-state index >= 15 is 0 Å². The van der Waals surface area contributed by atoms with Gasteiger partial charge in [-0.1, -0.05) is 5.16 Å². The van der Waals surface area contributed by atoms with Crippen molar-refractivity contribution < 1.29 is 9.32 Å². The molecule has 0 unspecified atom stereocenters. The van der Waals surface area contributed by atoms with Crippen molar-refractivity contribution in [3.63, 3.8) is 0 Å². The van der Waals surface area contributed by atoms with E-state index in [1.807, 2.05) is 22.7 Å². The number of nitrogens with zero attached hydrogens (tertiary/aromatic N) is 5. The number of carbonyl (C=O) groups excluding carboxylic acids is 1. The number of rotatable bonds is 2. The van der Waals surface area contributed by atoms with Crippen LogP contribution in [0.25, 0.3) is 0 Å². The smallest absolute Gasteiger partial charge is 0.259 e. The van der Waals surface area contributed by atoms with E-state index in [9.17, 15) is 4.79 Å². The normalized spacial score (nSPS) is 19.6. The largest absolute Gasteiger partial charge is 0.361 e. The van der Waals surface area contributed by atoms with E-state index in [-0.39, 0.29) is 11.9 Å². The Morgan fingerprint density at radius 3 is 2.68 bits per heavy atom. The SMILES string of the molecule is Cc1noc(C)c1C(=O)N1CCN(C)[C@H](c2nccn2C)C1.